The van der Waals surface area contributed by atoms with Crippen molar-refractivity contribution in [2.75, 3.05) is 13.1 Å². The van der Waals surface area contributed by atoms with Crippen LogP contribution in [0.2, 0.25) is 0 Å². The van der Waals surface area contributed by atoms with Gasteiger partial charge in [0.15, 0.2) is 0 Å². The molecular formula is C10H18N2O4. The number of aliphatic carboxylic acids is 1. The van der Waals surface area contributed by atoms with E-state index in [1.807, 2.05) is 0 Å². The zero-order valence-electron chi connectivity index (χ0n) is 9.32. The van der Waals surface area contributed by atoms with Gasteiger partial charge in [0.1, 0.15) is 0 Å². The summed E-state index contributed by atoms with van der Waals surface area (Å²) in [7, 11) is 0. The molecule has 1 unspecified atom stereocenters. The maximum absolute atomic E-state index is 11.6. The molecule has 1 aliphatic rings. The first kappa shape index (κ1) is 12.9. The van der Waals surface area contributed by atoms with Crippen LogP contribution in [0.3, 0.4) is 0 Å². The Balaban J connectivity index is 2.39. The van der Waals surface area contributed by atoms with Crippen molar-refractivity contribution in [2.45, 2.75) is 31.8 Å². The molecule has 5 N–H and O–H groups in total. The van der Waals surface area contributed by atoms with Crippen molar-refractivity contribution in [1.29, 1.82) is 0 Å². The minimum atomic E-state index is -1.42. The quantitative estimate of drug-likeness (QED) is 0.471. The molecule has 16 heavy (non-hydrogen) atoms. The van der Waals surface area contributed by atoms with Gasteiger partial charge in [-0.2, -0.15) is 0 Å². The molecule has 0 radical (unpaired) electrons. The molecule has 0 aromatic rings. The van der Waals surface area contributed by atoms with Crippen LogP contribution in [0.1, 0.15) is 26.2 Å². The molecule has 1 saturated carbocycles. The van der Waals surface area contributed by atoms with Crippen molar-refractivity contribution in [3.8, 4) is 0 Å². The van der Waals surface area contributed by atoms with Crippen LogP contribution in [0.15, 0.2) is 0 Å². The number of amides is 1. The number of carboxylic acids is 1. The molecule has 0 bridgehead atoms. The molecule has 0 aromatic heterocycles. The molecule has 1 aliphatic carbocycles. The van der Waals surface area contributed by atoms with Crippen LogP contribution in [-0.4, -0.2) is 40.8 Å². The van der Waals surface area contributed by atoms with Crippen LogP contribution in [0.5, 0.6) is 0 Å². The third kappa shape index (κ3) is 3.18. The second-order valence-corrected chi connectivity index (χ2v) is 4.73. The van der Waals surface area contributed by atoms with Crippen molar-refractivity contribution in [1.82, 2.24) is 5.32 Å². The largest absolute Gasteiger partial charge is 0.481 e. The van der Waals surface area contributed by atoms with Gasteiger partial charge < -0.3 is 21.3 Å². The number of carboxylic acid groups (broad SMARTS) is 1. The highest BCUT2D eigenvalue weighted by Crippen LogP contribution is 2.44. The van der Waals surface area contributed by atoms with E-state index in [9.17, 15) is 14.7 Å². The summed E-state index contributed by atoms with van der Waals surface area (Å²) in [4.78, 5) is 22.1. The number of carbonyl (C=O) groups excluding carboxylic acids is 1. The predicted octanol–water partition coefficient (Wildman–Crippen LogP) is -0.933. The van der Waals surface area contributed by atoms with Gasteiger partial charge >= 0.3 is 5.97 Å². The Morgan fingerprint density at radius 1 is 1.50 bits per heavy atom. The van der Waals surface area contributed by atoms with E-state index in [4.69, 9.17) is 10.8 Å². The topological polar surface area (TPSA) is 113 Å². The third-order valence-corrected chi connectivity index (χ3v) is 2.89. The van der Waals surface area contributed by atoms with Crippen molar-refractivity contribution in [2.24, 2.45) is 11.1 Å². The van der Waals surface area contributed by atoms with Gasteiger partial charge in [0.2, 0.25) is 5.91 Å². The Morgan fingerprint density at radius 3 is 2.44 bits per heavy atom. The van der Waals surface area contributed by atoms with Gasteiger partial charge in [-0.1, -0.05) is 0 Å². The fourth-order valence-electron chi connectivity index (χ4n) is 1.52. The highest BCUT2D eigenvalue weighted by molar-refractivity contribution is 5.85. The molecule has 1 fully saturated rings. The van der Waals surface area contributed by atoms with Gasteiger partial charge in [0, 0.05) is 13.1 Å². The average molecular weight is 230 g/mol. The normalized spacial score (nSPS) is 20.9. The number of hydrogen-bond acceptors (Lipinski definition) is 4. The smallest absolute Gasteiger partial charge is 0.306 e. The van der Waals surface area contributed by atoms with E-state index >= 15 is 0 Å². The van der Waals surface area contributed by atoms with Crippen LogP contribution in [0.25, 0.3) is 0 Å². The molecule has 92 valence electrons. The lowest BCUT2D eigenvalue weighted by Crippen LogP contribution is -2.45. The zero-order valence-corrected chi connectivity index (χ0v) is 9.32. The Labute approximate surface area is 93.8 Å². The Kier molecular flexibility index (Phi) is 3.54. The van der Waals surface area contributed by atoms with Gasteiger partial charge in [-0.15, -0.1) is 0 Å². The third-order valence-electron chi connectivity index (χ3n) is 2.89. The first-order valence-electron chi connectivity index (χ1n) is 5.24. The lowest BCUT2D eigenvalue weighted by Gasteiger charge is -2.23. The van der Waals surface area contributed by atoms with E-state index < -0.39 is 23.4 Å². The second kappa shape index (κ2) is 4.39. The lowest BCUT2D eigenvalue weighted by atomic mass is 10.0. The molecule has 6 nitrogen and oxygen atoms in total. The van der Waals surface area contributed by atoms with E-state index in [0.717, 1.165) is 12.8 Å². The molecule has 6 heteroatoms. The SMILES string of the molecule is CC(O)(CNC(=O)C1(CN)CC1)CC(=O)O. The Hall–Kier alpha value is -1.14. The monoisotopic (exact) mass is 230 g/mol. The van der Waals surface area contributed by atoms with E-state index in [1.54, 1.807) is 0 Å². The number of nitrogens with two attached hydrogens (primary N) is 1. The van der Waals surface area contributed by atoms with Crippen LogP contribution < -0.4 is 11.1 Å². The predicted molar refractivity (Wildman–Crippen MR) is 56.6 cm³/mol. The number of aliphatic hydroxyl groups is 1. The summed E-state index contributed by atoms with van der Waals surface area (Å²) >= 11 is 0. The van der Waals surface area contributed by atoms with Gasteiger partial charge in [-0.05, 0) is 19.8 Å². The molecule has 1 rings (SSSR count). The van der Waals surface area contributed by atoms with Crippen molar-refractivity contribution in [3.05, 3.63) is 0 Å². The van der Waals surface area contributed by atoms with Crippen molar-refractivity contribution in [3.63, 3.8) is 0 Å². The summed E-state index contributed by atoms with van der Waals surface area (Å²) in [6.07, 6.45) is 1.12. The summed E-state index contributed by atoms with van der Waals surface area (Å²) in [6, 6.07) is 0. The molecular weight excluding hydrogens is 212 g/mol. The fourth-order valence-corrected chi connectivity index (χ4v) is 1.52. The van der Waals surface area contributed by atoms with Crippen molar-refractivity contribution >= 4 is 11.9 Å². The number of nitrogens with one attached hydrogen (secondary N) is 1. The van der Waals surface area contributed by atoms with Crippen LogP contribution in [0, 0.1) is 5.41 Å². The highest BCUT2D eigenvalue weighted by Gasteiger charge is 2.48. The first-order valence-corrected chi connectivity index (χ1v) is 5.24. The molecule has 0 saturated heterocycles. The Bertz CT molecular complexity index is 297. The molecule has 1 amide bonds. The van der Waals surface area contributed by atoms with Crippen LogP contribution in [-0.2, 0) is 9.59 Å². The molecule has 0 aromatic carbocycles. The molecule has 0 heterocycles. The summed E-state index contributed by atoms with van der Waals surface area (Å²) in [6.45, 7) is 1.60. The molecule has 0 aliphatic heterocycles. The van der Waals surface area contributed by atoms with Gasteiger partial charge in [0.25, 0.3) is 0 Å². The number of carbonyl (C=O) groups is 2. The minimum absolute atomic E-state index is 0.0696. The number of hydrogen-bond donors (Lipinski definition) is 4. The maximum atomic E-state index is 11.6. The summed E-state index contributed by atoms with van der Waals surface area (Å²) in [5, 5.41) is 20.8. The average Bonchev–Trinajstić information content (AvgIpc) is 2.93. The second-order valence-electron chi connectivity index (χ2n) is 4.73. The van der Waals surface area contributed by atoms with Gasteiger partial charge in [0.05, 0.1) is 17.4 Å². The van der Waals surface area contributed by atoms with Crippen molar-refractivity contribution < 1.29 is 19.8 Å². The number of rotatable bonds is 6. The minimum Gasteiger partial charge on any atom is -0.481 e. The molecule has 0 spiro atoms. The van der Waals surface area contributed by atoms with Gasteiger partial charge in [-0.25, -0.2) is 0 Å². The summed E-state index contributed by atoms with van der Waals surface area (Å²) < 4.78 is 0. The lowest BCUT2D eigenvalue weighted by molar-refractivity contribution is -0.142. The summed E-state index contributed by atoms with van der Waals surface area (Å²) in [5.41, 5.74) is 3.57. The van der Waals surface area contributed by atoms with Gasteiger partial charge in [-0.3, -0.25) is 9.59 Å². The summed E-state index contributed by atoms with van der Waals surface area (Å²) in [5.74, 6) is -1.29. The molecule has 1 atom stereocenters. The Morgan fingerprint density at radius 2 is 2.06 bits per heavy atom. The van der Waals surface area contributed by atoms with E-state index in [2.05, 4.69) is 5.32 Å². The zero-order chi connectivity index (χ0) is 12.4. The first-order chi connectivity index (χ1) is 7.31. The van der Waals surface area contributed by atoms with E-state index in [1.165, 1.54) is 6.92 Å². The maximum Gasteiger partial charge on any atom is 0.306 e. The standard InChI is InChI=1S/C10H18N2O4/c1-9(16,4-7(13)14)6-12-8(15)10(5-11)2-3-10/h16H,2-6,11H2,1H3,(H,12,15)(H,13,14). The van der Waals surface area contributed by atoms with E-state index in [0.29, 0.717) is 6.54 Å². The van der Waals surface area contributed by atoms with Crippen LogP contribution in [0.4, 0.5) is 0 Å². The van der Waals surface area contributed by atoms with Crippen LogP contribution >= 0.6 is 0 Å². The fraction of sp³-hybridized carbons (Fsp3) is 0.800. The van der Waals surface area contributed by atoms with E-state index in [-0.39, 0.29) is 12.5 Å². The highest BCUT2D eigenvalue weighted by atomic mass is 16.4.